The number of nitrogens with one attached hydrogen (secondary N) is 2. The Morgan fingerprint density at radius 1 is 1.44 bits per heavy atom. The SMILES string of the molecule is CC(CS(C)=O)NC(=O)NCC(O)C(=O)O. The molecule has 3 unspecified atom stereocenters. The van der Waals surface area contributed by atoms with Crippen molar-refractivity contribution in [2.45, 2.75) is 19.1 Å². The first-order valence-electron chi connectivity index (χ1n) is 4.58. The zero-order valence-corrected chi connectivity index (χ0v) is 9.91. The fourth-order valence-corrected chi connectivity index (χ4v) is 1.73. The van der Waals surface area contributed by atoms with E-state index < -0.39 is 28.9 Å². The van der Waals surface area contributed by atoms with Gasteiger partial charge in [-0.15, -0.1) is 0 Å². The van der Waals surface area contributed by atoms with Gasteiger partial charge in [-0.3, -0.25) is 4.21 Å². The van der Waals surface area contributed by atoms with Crippen molar-refractivity contribution in [3.8, 4) is 0 Å². The standard InChI is InChI=1S/C8H16N2O5S/c1-5(4-16(2)15)10-8(14)9-3-6(11)7(12)13/h5-6,11H,3-4H2,1-2H3,(H,12,13)(H2,9,10,14). The molecule has 3 atom stereocenters. The molecule has 0 saturated carbocycles. The summed E-state index contributed by atoms with van der Waals surface area (Å²) in [7, 11) is -1.02. The van der Waals surface area contributed by atoms with Crippen LogP contribution in [0.3, 0.4) is 0 Å². The first-order valence-corrected chi connectivity index (χ1v) is 6.31. The van der Waals surface area contributed by atoms with Crippen molar-refractivity contribution < 1.29 is 24.0 Å². The number of hydrogen-bond acceptors (Lipinski definition) is 4. The van der Waals surface area contributed by atoms with Gasteiger partial charge in [0.05, 0.1) is 6.54 Å². The molecule has 0 radical (unpaired) electrons. The van der Waals surface area contributed by atoms with E-state index in [-0.39, 0.29) is 12.6 Å². The number of aliphatic hydroxyl groups excluding tert-OH is 1. The van der Waals surface area contributed by atoms with Gasteiger partial charge in [0.2, 0.25) is 0 Å². The minimum Gasteiger partial charge on any atom is -0.479 e. The summed E-state index contributed by atoms with van der Waals surface area (Å²) in [5, 5.41) is 21.8. The van der Waals surface area contributed by atoms with E-state index in [0.29, 0.717) is 5.75 Å². The molecule has 0 aliphatic heterocycles. The number of carbonyl (C=O) groups is 2. The van der Waals surface area contributed by atoms with Gasteiger partial charge < -0.3 is 20.8 Å². The minimum atomic E-state index is -1.62. The highest BCUT2D eigenvalue weighted by molar-refractivity contribution is 7.84. The third-order valence-corrected chi connectivity index (χ3v) is 2.57. The van der Waals surface area contributed by atoms with Gasteiger partial charge in [-0.1, -0.05) is 0 Å². The topological polar surface area (TPSA) is 116 Å². The van der Waals surface area contributed by atoms with Gasteiger partial charge in [0, 0.05) is 28.9 Å². The minimum absolute atomic E-state index is 0.284. The maximum Gasteiger partial charge on any atom is 0.334 e. The number of aliphatic hydroxyl groups is 1. The fourth-order valence-electron chi connectivity index (χ4n) is 0.945. The van der Waals surface area contributed by atoms with Gasteiger partial charge in [0.1, 0.15) is 0 Å². The molecule has 0 aromatic heterocycles. The van der Waals surface area contributed by atoms with Gasteiger partial charge in [-0.25, -0.2) is 9.59 Å². The van der Waals surface area contributed by atoms with Gasteiger partial charge in [0.25, 0.3) is 0 Å². The number of carbonyl (C=O) groups excluding carboxylic acids is 1. The van der Waals surface area contributed by atoms with Crippen molar-refractivity contribution in [3.63, 3.8) is 0 Å². The smallest absolute Gasteiger partial charge is 0.334 e. The van der Waals surface area contributed by atoms with Crippen LogP contribution in [0.5, 0.6) is 0 Å². The molecule has 16 heavy (non-hydrogen) atoms. The van der Waals surface area contributed by atoms with Crippen LogP contribution in [0, 0.1) is 0 Å². The summed E-state index contributed by atoms with van der Waals surface area (Å²) < 4.78 is 10.8. The molecule has 0 heterocycles. The molecule has 0 aliphatic carbocycles. The van der Waals surface area contributed by atoms with Crippen LogP contribution in [0.1, 0.15) is 6.92 Å². The van der Waals surface area contributed by atoms with Gasteiger partial charge in [0.15, 0.2) is 6.10 Å². The zero-order chi connectivity index (χ0) is 12.7. The highest BCUT2D eigenvalue weighted by atomic mass is 32.2. The molecule has 0 aliphatic rings. The Balaban J connectivity index is 3.82. The Kier molecular flexibility index (Phi) is 6.66. The fraction of sp³-hybridized carbons (Fsp3) is 0.750. The van der Waals surface area contributed by atoms with Crippen LogP contribution in [0.2, 0.25) is 0 Å². The molecule has 0 rings (SSSR count). The van der Waals surface area contributed by atoms with E-state index in [9.17, 15) is 13.8 Å². The van der Waals surface area contributed by atoms with E-state index in [1.807, 2.05) is 0 Å². The molecule has 8 heteroatoms. The highest BCUT2D eigenvalue weighted by Crippen LogP contribution is 1.86. The highest BCUT2D eigenvalue weighted by Gasteiger charge is 2.15. The Labute approximate surface area is 95.7 Å². The van der Waals surface area contributed by atoms with Gasteiger partial charge in [-0.05, 0) is 6.92 Å². The molecule has 7 nitrogen and oxygen atoms in total. The normalized spacial score (nSPS) is 15.9. The summed E-state index contributed by atoms with van der Waals surface area (Å²) in [5.41, 5.74) is 0. The molecule has 0 fully saturated rings. The van der Waals surface area contributed by atoms with E-state index in [4.69, 9.17) is 10.2 Å². The van der Waals surface area contributed by atoms with Crippen molar-refractivity contribution in [1.29, 1.82) is 0 Å². The van der Waals surface area contributed by atoms with E-state index >= 15 is 0 Å². The molecule has 0 aromatic rings. The lowest BCUT2D eigenvalue weighted by molar-refractivity contribution is -0.146. The van der Waals surface area contributed by atoms with Crippen LogP contribution in [-0.4, -0.2) is 57.1 Å². The third-order valence-electron chi connectivity index (χ3n) is 1.60. The summed E-state index contributed by atoms with van der Waals surface area (Å²) in [6.45, 7) is 1.30. The zero-order valence-electron chi connectivity index (χ0n) is 9.10. The number of hydrogen-bond donors (Lipinski definition) is 4. The summed E-state index contributed by atoms with van der Waals surface area (Å²) in [5.74, 6) is -1.09. The number of urea groups is 1. The van der Waals surface area contributed by atoms with Crippen molar-refractivity contribution in [3.05, 3.63) is 0 Å². The van der Waals surface area contributed by atoms with Gasteiger partial charge in [-0.2, -0.15) is 0 Å². The van der Waals surface area contributed by atoms with Gasteiger partial charge >= 0.3 is 12.0 Å². The molecule has 94 valence electrons. The number of rotatable bonds is 6. The summed E-state index contributed by atoms with van der Waals surface area (Å²) in [6, 6.07) is -0.883. The lowest BCUT2D eigenvalue weighted by Crippen LogP contribution is -2.46. The van der Waals surface area contributed by atoms with Crippen LogP contribution in [0.25, 0.3) is 0 Å². The average Bonchev–Trinajstić information content (AvgIpc) is 2.12. The monoisotopic (exact) mass is 252 g/mol. The van der Waals surface area contributed by atoms with E-state index in [0.717, 1.165) is 0 Å². The van der Waals surface area contributed by atoms with Crippen LogP contribution >= 0.6 is 0 Å². The number of amides is 2. The molecular weight excluding hydrogens is 236 g/mol. The van der Waals surface area contributed by atoms with Crippen molar-refractivity contribution >= 4 is 22.8 Å². The molecule has 0 aromatic carbocycles. The molecule has 4 N–H and O–H groups in total. The van der Waals surface area contributed by atoms with Crippen molar-refractivity contribution in [1.82, 2.24) is 10.6 Å². The molecular formula is C8H16N2O5S. The maximum absolute atomic E-state index is 11.1. The molecule has 0 bridgehead atoms. The predicted molar refractivity (Wildman–Crippen MR) is 58.6 cm³/mol. The van der Waals surface area contributed by atoms with E-state index in [1.165, 1.54) is 6.26 Å². The number of aliphatic carboxylic acids is 1. The molecule has 0 spiro atoms. The first-order chi connectivity index (χ1) is 7.32. The first kappa shape index (κ1) is 14.8. The van der Waals surface area contributed by atoms with Crippen LogP contribution in [0.15, 0.2) is 0 Å². The van der Waals surface area contributed by atoms with E-state index in [2.05, 4.69) is 10.6 Å². The Bertz CT molecular complexity index is 284. The quantitative estimate of drug-likeness (QED) is 0.459. The van der Waals surface area contributed by atoms with Crippen LogP contribution in [0.4, 0.5) is 4.79 Å². The Hall–Kier alpha value is -1.15. The van der Waals surface area contributed by atoms with Crippen molar-refractivity contribution in [2.24, 2.45) is 0 Å². The Morgan fingerprint density at radius 2 is 2.00 bits per heavy atom. The second-order valence-corrected chi connectivity index (χ2v) is 4.83. The number of carboxylic acid groups (broad SMARTS) is 1. The summed E-state index contributed by atoms with van der Waals surface area (Å²) in [4.78, 5) is 21.4. The van der Waals surface area contributed by atoms with Crippen LogP contribution in [-0.2, 0) is 15.6 Å². The van der Waals surface area contributed by atoms with Crippen LogP contribution < -0.4 is 10.6 Å². The van der Waals surface area contributed by atoms with E-state index in [1.54, 1.807) is 6.92 Å². The predicted octanol–water partition coefficient (Wildman–Crippen LogP) is -1.50. The summed E-state index contributed by atoms with van der Waals surface area (Å²) in [6.07, 6.45) is -0.106. The largest absolute Gasteiger partial charge is 0.479 e. The maximum atomic E-state index is 11.1. The molecule has 0 saturated heterocycles. The van der Waals surface area contributed by atoms with Crippen molar-refractivity contribution in [2.75, 3.05) is 18.6 Å². The lowest BCUT2D eigenvalue weighted by atomic mass is 10.3. The second kappa shape index (κ2) is 7.18. The summed E-state index contributed by atoms with van der Waals surface area (Å²) >= 11 is 0. The third kappa shape index (κ3) is 7.18. The number of carboxylic acids is 1. The lowest BCUT2D eigenvalue weighted by Gasteiger charge is -2.14. The average molecular weight is 252 g/mol. The Morgan fingerprint density at radius 3 is 2.44 bits per heavy atom. The molecule has 2 amide bonds. The second-order valence-electron chi connectivity index (χ2n) is 3.35.